The molecule has 2 atom stereocenters. The van der Waals surface area contributed by atoms with Crippen molar-refractivity contribution in [3.63, 3.8) is 0 Å². The van der Waals surface area contributed by atoms with Gasteiger partial charge in [-0.1, -0.05) is 20.8 Å². The molecular weight excluding hydrogens is 264 g/mol. The van der Waals surface area contributed by atoms with E-state index in [0.29, 0.717) is 17.5 Å². The highest BCUT2D eigenvalue weighted by molar-refractivity contribution is 4.99. The second-order valence-electron chi connectivity index (χ2n) is 7.86. The van der Waals surface area contributed by atoms with Crippen molar-refractivity contribution in [2.75, 3.05) is 32.8 Å². The average Bonchev–Trinajstić information content (AvgIpc) is 3.04. The third-order valence-electron chi connectivity index (χ3n) is 5.47. The number of likely N-dealkylation sites (tertiary alicyclic amines) is 1. The van der Waals surface area contributed by atoms with E-state index in [-0.39, 0.29) is 5.79 Å². The molecule has 1 N–H and O–H groups in total. The second-order valence-corrected chi connectivity index (χ2v) is 7.86. The first-order chi connectivity index (χ1) is 10.0. The lowest BCUT2D eigenvalue weighted by molar-refractivity contribution is -0.192. The summed E-state index contributed by atoms with van der Waals surface area (Å²) in [5.41, 5.74) is 0.456. The van der Waals surface area contributed by atoms with Gasteiger partial charge in [0.1, 0.15) is 0 Å². The van der Waals surface area contributed by atoms with Gasteiger partial charge in [0.05, 0.1) is 13.2 Å². The summed E-state index contributed by atoms with van der Waals surface area (Å²) in [5.74, 6) is -0.276. The summed E-state index contributed by atoms with van der Waals surface area (Å²) < 4.78 is 12.0. The van der Waals surface area contributed by atoms with Crippen LogP contribution in [-0.4, -0.2) is 55.6 Å². The molecule has 1 saturated carbocycles. The van der Waals surface area contributed by atoms with Crippen LogP contribution in [0.3, 0.4) is 0 Å². The molecule has 0 aromatic rings. The van der Waals surface area contributed by atoms with Gasteiger partial charge < -0.3 is 14.8 Å². The van der Waals surface area contributed by atoms with Gasteiger partial charge >= 0.3 is 0 Å². The lowest BCUT2D eigenvalue weighted by atomic mass is 9.84. The van der Waals surface area contributed by atoms with E-state index in [9.17, 15) is 0 Å². The van der Waals surface area contributed by atoms with Crippen molar-refractivity contribution in [3.8, 4) is 0 Å². The van der Waals surface area contributed by atoms with Crippen LogP contribution in [0, 0.1) is 5.41 Å². The molecule has 0 amide bonds. The summed E-state index contributed by atoms with van der Waals surface area (Å²) in [4.78, 5) is 2.69. The monoisotopic (exact) mass is 296 g/mol. The molecule has 3 aliphatic rings. The smallest absolute Gasteiger partial charge is 0.170 e. The maximum Gasteiger partial charge on any atom is 0.170 e. The topological polar surface area (TPSA) is 33.7 Å². The third-order valence-corrected chi connectivity index (χ3v) is 5.47. The van der Waals surface area contributed by atoms with Crippen LogP contribution in [0.1, 0.15) is 52.9 Å². The van der Waals surface area contributed by atoms with Crippen LogP contribution in [0.15, 0.2) is 0 Å². The van der Waals surface area contributed by atoms with Crippen LogP contribution in [-0.2, 0) is 9.47 Å². The highest BCUT2D eigenvalue weighted by Crippen LogP contribution is 2.40. The predicted octanol–water partition coefficient (Wildman–Crippen LogP) is 2.38. The molecule has 4 nitrogen and oxygen atoms in total. The average molecular weight is 296 g/mol. The molecule has 3 fully saturated rings. The Kier molecular flexibility index (Phi) is 4.60. The third kappa shape index (κ3) is 3.44. The SMILES string of the molecule is CCCNC1CCC2(CC1N1CCC(C)(C)C1)OCCO2. The number of nitrogens with zero attached hydrogens (tertiary/aromatic N) is 1. The molecule has 0 bridgehead atoms. The van der Waals surface area contributed by atoms with Gasteiger partial charge in [-0.2, -0.15) is 0 Å². The van der Waals surface area contributed by atoms with E-state index in [0.717, 1.165) is 32.6 Å². The van der Waals surface area contributed by atoms with Crippen molar-refractivity contribution in [2.24, 2.45) is 5.41 Å². The molecule has 3 rings (SSSR count). The van der Waals surface area contributed by atoms with E-state index in [2.05, 4.69) is 31.0 Å². The van der Waals surface area contributed by atoms with Crippen molar-refractivity contribution in [1.82, 2.24) is 10.2 Å². The quantitative estimate of drug-likeness (QED) is 0.863. The number of nitrogens with one attached hydrogen (secondary N) is 1. The normalized spacial score (nSPS) is 35.6. The van der Waals surface area contributed by atoms with Crippen LogP contribution in [0.4, 0.5) is 0 Å². The predicted molar refractivity (Wildman–Crippen MR) is 84.3 cm³/mol. The molecule has 0 aromatic carbocycles. The highest BCUT2D eigenvalue weighted by Gasteiger charge is 2.48. The molecule has 2 heterocycles. The van der Waals surface area contributed by atoms with Crippen LogP contribution in [0.2, 0.25) is 0 Å². The number of hydrogen-bond acceptors (Lipinski definition) is 4. The van der Waals surface area contributed by atoms with Gasteiger partial charge in [-0.05, 0) is 37.8 Å². The Labute approximate surface area is 129 Å². The lowest BCUT2D eigenvalue weighted by Gasteiger charge is -2.45. The van der Waals surface area contributed by atoms with Crippen LogP contribution < -0.4 is 5.32 Å². The summed E-state index contributed by atoms with van der Waals surface area (Å²) >= 11 is 0. The van der Waals surface area contributed by atoms with Gasteiger partial charge in [-0.25, -0.2) is 0 Å². The summed E-state index contributed by atoms with van der Waals surface area (Å²) in [5, 5.41) is 3.78. The zero-order valence-electron chi connectivity index (χ0n) is 14.0. The van der Waals surface area contributed by atoms with Crippen molar-refractivity contribution >= 4 is 0 Å². The fourth-order valence-electron chi connectivity index (χ4n) is 4.28. The maximum absolute atomic E-state index is 6.00. The van der Waals surface area contributed by atoms with Gasteiger partial charge in [0.15, 0.2) is 5.79 Å². The minimum atomic E-state index is -0.276. The summed E-state index contributed by atoms with van der Waals surface area (Å²) in [7, 11) is 0. The molecular formula is C17H32N2O2. The first kappa shape index (κ1) is 15.7. The fourth-order valence-corrected chi connectivity index (χ4v) is 4.28. The van der Waals surface area contributed by atoms with Crippen molar-refractivity contribution in [3.05, 3.63) is 0 Å². The van der Waals surface area contributed by atoms with Gasteiger partial charge in [0.2, 0.25) is 0 Å². The van der Waals surface area contributed by atoms with Gasteiger partial charge in [0, 0.05) is 31.5 Å². The minimum absolute atomic E-state index is 0.276. The van der Waals surface area contributed by atoms with Crippen LogP contribution >= 0.6 is 0 Å². The van der Waals surface area contributed by atoms with E-state index in [1.807, 2.05) is 0 Å². The molecule has 0 aromatic heterocycles. The van der Waals surface area contributed by atoms with Crippen LogP contribution in [0.5, 0.6) is 0 Å². The molecule has 1 aliphatic carbocycles. The Hall–Kier alpha value is -0.160. The van der Waals surface area contributed by atoms with Gasteiger partial charge in [0.25, 0.3) is 0 Å². The molecule has 4 heteroatoms. The molecule has 2 aliphatic heterocycles. The molecule has 2 unspecified atom stereocenters. The van der Waals surface area contributed by atoms with Crippen LogP contribution in [0.25, 0.3) is 0 Å². The van der Waals surface area contributed by atoms with Gasteiger partial charge in [-0.3, -0.25) is 4.90 Å². The Bertz CT molecular complexity index is 353. The highest BCUT2D eigenvalue weighted by atomic mass is 16.7. The molecule has 2 saturated heterocycles. The summed E-state index contributed by atoms with van der Waals surface area (Å²) in [6, 6.07) is 1.16. The zero-order valence-corrected chi connectivity index (χ0v) is 14.0. The molecule has 1 spiro atoms. The maximum atomic E-state index is 6.00. The van der Waals surface area contributed by atoms with E-state index < -0.39 is 0 Å². The largest absolute Gasteiger partial charge is 0.347 e. The Balaban J connectivity index is 1.70. The van der Waals surface area contributed by atoms with E-state index in [1.165, 1.54) is 32.4 Å². The lowest BCUT2D eigenvalue weighted by Crippen LogP contribution is -2.57. The van der Waals surface area contributed by atoms with Crippen molar-refractivity contribution in [1.29, 1.82) is 0 Å². The molecule has 0 radical (unpaired) electrons. The van der Waals surface area contributed by atoms with E-state index >= 15 is 0 Å². The Morgan fingerprint density at radius 1 is 1.19 bits per heavy atom. The number of ether oxygens (including phenoxy) is 2. The Morgan fingerprint density at radius 2 is 1.95 bits per heavy atom. The summed E-state index contributed by atoms with van der Waals surface area (Å²) in [6.07, 6.45) is 5.75. The van der Waals surface area contributed by atoms with Crippen molar-refractivity contribution < 1.29 is 9.47 Å². The summed E-state index contributed by atoms with van der Waals surface area (Å²) in [6.45, 7) is 12.1. The fraction of sp³-hybridized carbons (Fsp3) is 1.00. The number of hydrogen-bond donors (Lipinski definition) is 1. The number of rotatable bonds is 4. The second kappa shape index (κ2) is 6.15. The van der Waals surface area contributed by atoms with Crippen molar-refractivity contribution in [2.45, 2.75) is 70.7 Å². The van der Waals surface area contributed by atoms with E-state index in [1.54, 1.807) is 0 Å². The van der Waals surface area contributed by atoms with E-state index in [4.69, 9.17) is 9.47 Å². The first-order valence-electron chi connectivity index (χ1n) is 8.79. The van der Waals surface area contributed by atoms with Gasteiger partial charge in [-0.15, -0.1) is 0 Å². The molecule has 21 heavy (non-hydrogen) atoms. The zero-order chi connectivity index (χ0) is 14.9. The Morgan fingerprint density at radius 3 is 2.57 bits per heavy atom. The first-order valence-corrected chi connectivity index (χ1v) is 8.79. The standard InChI is InChI=1S/C17H32N2O2/c1-4-8-18-14-5-6-17(20-10-11-21-17)12-15(14)19-9-7-16(2,3)13-19/h14-15,18H,4-13H2,1-3H3. The molecule has 122 valence electrons. The minimum Gasteiger partial charge on any atom is -0.347 e.